The molecule has 0 saturated carbocycles. The van der Waals surface area contributed by atoms with E-state index in [1.54, 1.807) is 0 Å². The molecule has 0 spiro atoms. The number of aromatic nitrogens is 3. The fourth-order valence-corrected chi connectivity index (χ4v) is 2.69. The van der Waals surface area contributed by atoms with E-state index < -0.39 is 34.6 Å². The van der Waals surface area contributed by atoms with Gasteiger partial charge in [-0.2, -0.15) is 13.2 Å². The zero-order valence-corrected chi connectivity index (χ0v) is 17.4. The zero-order valence-electron chi connectivity index (χ0n) is 16.6. The van der Waals surface area contributed by atoms with Gasteiger partial charge in [0.05, 0.1) is 10.5 Å². The van der Waals surface area contributed by atoms with Gasteiger partial charge in [-0.05, 0) is 25.1 Å². The first-order valence-corrected chi connectivity index (χ1v) is 9.26. The number of carboxylic acid groups (broad SMARTS) is 1. The van der Waals surface area contributed by atoms with Gasteiger partial charge < -0.3 is 15.6 Å². The maximum Gasteiger partial charge on any atom is 0.420 e. The van der Waals surface area contributed by atoms with Crippen LogP contribution in [0, 0.1) is 5.82 Å². The van der Waals surface area contributed by atoms with E-state index in [9.17, 15) is 22.4 Å². The van der Waals surface area contributed by atoms with Crippen LogP contribution in [0.15, 0.2) is 30.3 Å². The Balaban J connectivity index is 0.000000785. The van der Waals surface area contributed by atoms with E-state index in [1.165, 1.54) is 25.1 Å². The molecule has 1 unspecified atom stereocenters. The predicted octanol–water partition coefficient (Wildman–Crippen LogP) is 5.03. The Hall–Kier alpha value is -2.92. The van der Waals surface area contributed by atoms with Crippen LogP contribution in [0.25, 0.3) is 11.0 Å². The molecule has 0 saturated heterocycles. The van der Waals surface area contributed by atoms with Crippen molar-refractivity contribution in [3.8, 4) is 11.5 Å². The molecule has 31 heavy (non-hydrogen) atoms. The summed E-state index contributed by atoms with van der Waals surface area (Å²) in [5.41, 5.74) is 4.23. The van der Waals surface area contributed by atoms with E-state index >= 15 is 0 Å². The second kappa shape index (κ2) is 9.48. The number of carbonyl (C=O) groups is 1. The second-order valence-corrected chi connectivity index (χ2v) is 7.21. The van der Waals surface area contributed by atoms with Crippen molar-refractivity contribution in [1.82, 2.24) is 15.0 Å². The molecular formula is C19H19ClF4N4O3. The number of ether oxygens (including phenoxy) is 1. The number of nitrogens with two attached hydrogens (primary N) is 1. The van der Waals surface area contributed by atoms with E-state index in [2.05, 4.69) is 10.3 Å². The van der Waals surface area contributed by atoms with Crippen LogP contribution < -0.4 is 10.5 Å². The molecule has 0 aliphatic carbocycles. The van der Waals surface area contributed by atoms with Crippen LogP contribution in [0.1, 0.15) is 32.4 Å². The number of alkyl halides is 3. The summed E-state index contributed by atoms with van der Waals surface area (Å²) in [5.74, 6) is -2.85. The van der Waals surface area contributed by atoms with Gasteiger partial charge in [0.1, 0.15) is 34.4 Å². The molecular weight excluding hydrogens is 444 g/mol. The fraction of sp³-hybridized carbons (Fsp3) is 0.316. The van der Waals surface area contributed by atoms with Crippen molar-refractivity contribution in [2.75, 3.05) is 0 Å². The number of rotatable bonds is 4. The van der Waals surface area contributed by atoms with Crippen molar-refractivity contribution in [3.05, 3.63) is 46.7 Å². The van der Waals surface area contributed by atoms with Crippen molar-refractivity contribution < 1.29 is 32.2 Å². The molecule has 0 amide bonds. The molecule has 0 bridgehead atoms. The average molecular weight is 463 g/mol. The minimum absolute atomic E-state index is 0.110. The van der Waals surface area contributed by atoms with Crippen LogP contribution in [-0.2, 0) is 11.0 Å². The summed E-state index contributed by atoms with van der Waals surface area (Å²) < 4.78 is 58.6. The lowest BCUT2D eigenvalue weighted by molar-refractivity contribution is -0.141. The van der Waals surface area contributed by atoms with Crippen LogP contribution in [0.4, 0.5) is 17.6 Å². The summed E-state index contributed by atoms with van der Waals surface area (Å²) in [7, 11) is 0. The molecule has 3 rings (SSSR count). The van der Waals surface area contributed by atoms with Gasteiger partial charge in [-0.3, -0.25) is 0 Å². The van der Waals surface area contributed by atoms with E-state index in [0.29, 0.717) is 23.1 Å². The van der Waals surface area contributed by atoms with Crippen molar-refractivity contribution in [3.63, 3.8) is 0 Å². The van der Waals surface area contributed by atoms with E-state index in [0.717, 1.165) is 10.7 Å². The number of benzene rings is 2. The third kappa shape index (κ3) is 6.05. The van der Waals surface area contributed by atoms with Crippen LogP contribution >= 0.6 is 11.6 Å². The molecule has 0 aliphatic heterocycles. The molecule has 3 aromatic rings. The van der Waals surface area contributed by atoms with Crippen LogP contribution in [-0.4, -0.2) is 32.1 Å². The Kier molecular flexibility index (Phi) is 7.45. The van der Waals surface area contributed by atoms with Gasteiger partial charge in [-0.1, -0.05) is 30.7 Å². The molecule has 2 aromatic carbocycles. The lowest BCUT2D eigenvalue weighted by Gasteiger charge is -2.13. The Morgan fingerprint density at radius 2 is 1.81 bits per heavy atom. The predicted molar refractivity (Wildman–Crippen MR) is 106 cm³/mol. The molecule has 12 heteroatoms. The Morgan fingerprint density at radius 3 is 2.32 bits per heavy atom. The number of halogens is 5. The summed E-state index contributed by atoms with van der Waals surface area (Å²) in [6.07, 6.45) is -4.94. The lowest BCUT2D eigenvalue weighted by atomic mass is 10.2. The standard InChI is InChI=1S/C16H10ClF4N3O3.C3H9N/c1-7(15(25)26)24-13-6-8(2-3-12(13)22-23-24)27-9-4-10(17)14(11(18)5-9)16(19,20)21;1-3(2)4/h2-7H,1H3,(H,25,26);3H,4H2,1-2H3. The Morgan fingerprint density at radius 1 is 1.19 bits per heavy atom. The quantitative estimate of drug-likeness (QED) is 0.527. The minimum Gasteiger partial charge on any atom is -0.480 e. The zero-order chi connectivity index (χ0) is 23.5. The van der Waals surface area contributed by atoms with E-state index in [1.807, 2.05) is 13.8 Å². The van der Waals surface area contributed by atoms with Crippen LogP contribution in [0.2, 0.25) is 5.02 Å². The lowest BCUT2D eigenvalue weighted by Crippen LogP contribution is -2.16. The summed E-state index contributed by atoms with van der Waals surface area (Å²) in [6.45, 7) is 5.29. The Bertz CT molecular complexity index is 1060. The van der Waals surface area contributed by atoms with Crippen molar-refractivity contribution in [1.29, 1.82) is 0 Å². The summed E-state index contributed by atoms with van der Waals surface area (Å²) >= 11 is 5.54. The molecule has 0 aliphatic rings. The first-order chi connectivity index (χ1) is 14.3. The molecule has 1 heterocycles. The maximum absolute atomic E-state index is 13.8. The third-order valence-electron chi connectivity index (χ3n) is 3.70. The number of carboxylic acids is 1. The van der Waals surface area contributed by atoms with Crippen molar-refractivity contribution >= 4 is 28.6 Å². The van der Waals surface area contributed by atoms with Gasteiger partial charge in [0.15, 0.2) is 0 Å². The number of aliphatic carboxylic acids is 1. The highest BCUT2D eigenvalue weighted by atomic mass is 35.5. The molecule has 0 radical (unpaired) electrons. The molecule has 1 atom stereocenters. The number of hydrogen-bond donors (Lipinski definition) is 2. The number of hydrogen-bond acceptors (Lipinski definition) is 5. The van der Waals surface area contributed by atoms with Crippen LogP contribution in [0.5, 0.6) is 11.5 Å². The maximum atomic E-state index is 13.8. The molecule has 168 valence electrons. The van der Waals surface area contributed by atoms with Crippen molar-refractivity contribution in [2.24, 2.45) is 5.73 Å². The molecule has 3 N–H and O–H groups in total. The third-order valence-corrected chi connectivity index (χ3v) is 4.00. The second-order valence-electron chi connectivity index (χ2n) is 6.80. The van der Waals surface area contributed by atoms with Crippen molar-refractivity contribution in [2.45, 2.75) is 39.0 Å². The SMILES string of the molecule is CC(C(=O)O)n1nnc2ccc(Oc3cc(F)c(C(F)(F)F)c(Cl)c3)cc21.CC(C)N. The van der Waals surface area contributed by atoms with E-state index in [-0.39, 0.29) is 11.5 Å². The van der Waals surface area contributed by atoms with Gasteiger partial charge in [-0.25, -0.2) is 13.9 Å². The van der Waals surface area contributed by atoms with Gasteiger partial charge in [0, 0.05) is 18.2 Å². The fourth-order valence-electron chi connectivity index (χ4n) is 2.39. The topological polar surface area (TPSA) is 103 Å². The summed E-state index contributed by atoms with van der Waals surface area (Å²) in [5, 5.41) is 15.8. The summed E-state index contributed by atoms with van der Waals surface area (Å²) in [4.78, 5) is 11.1. The first kappa shape index (κ1) is 24.4. The number of nitrogens with zero attached hydrogens (tertiary/aromatic N) is 3. The highest BCUT2D eigenvalue weighted by Crippen LogP contribution is 2.39. The largest absolute Gasteiger partial charge is 0.480 e. The summed E-state index contributed by atoms with van der Waals surface area (Å²) in [6, 6.07) is 5.02. The van der Waals surface area contributed by atoms with Gasteiger partial charge in [-0.15, -0.1) is 5.10 Å². The van der Waals surface area contributed by atoms with Gasteiger partial charge >= 0.3 is 12.1 Å². The van der Waals surface area contributed by atoms with Crippen LogP contribution in [0.3, 0.4) is 0 Å². The highest BCUT2D eigenvalue weighted by molar-refractivity contribution is 6.31. The van der Waals surface area contributed by atoms with Gasteiger partial charge in [0.2, 0.25) is 0 Å². The molecule has 7 nitrogen and oxygen atoms in total. The normalized spacial score (nSPS) is 12.5. The monoisotopic (exact) mass is 462 g/mol. The molecule has 0 fully saturated rings. The smallest absolute Gasteiger partial charge is 0.420 e. The minimum atomic E-state index is -4.94. The van der Waals surface area contributed by atoms with Gasteiger partial charge in [0.25, 0.3) is 0 Å². The number of fused-ring (bicyclic) bond motifs is 1. The van der Waals surface area contributed by atoms with E-state index in [4.69, 9.17) is 27.2 Å². The highest BCUT2D eigenvalue weighted by Gasteiger charge is 2.37. The Labute approximate surface area is 179 Å². The molecule has 1 aromatic heterocycles. The first-order valence-electron chi connectivity index (χ1n) is 8.88. The average Bonchev–Trinajstić information content (AvgIpc) is 3.01.